The molecule has 0 saturated heterocycles. The monoisotopic (exact) mass is 296 g/mol. The van der Waals surface area contributed by atoms with Gasteiger partial charge in [-0.3, -0.25) is 0 Å². The van der Waals surface area contributed by atoms with Crippen LogP contribution in [-0.4, -0.2) is 40.9 Å². The maximum absolute atomic E-state index is 13.0. The fourth-order valence-corrected chi connectivity index (χ4v) is 0.800. The first kappa shape index (κ1) is 17.5. The molecule has 19 heavy (non-hydrogen) atoms. The minimum Gasteiger partial charge on any atom is -0.477 e. The summed E-state index contributed by atoms with van der Waals surface area (Å²) < 4.78 is 80.6. The number of carbonyl (C=O) groups excluding carboxylic acids is 1. The van der Waals surface area contributed by atoms with Crippen molar-refractivity contribution in [1.82, 2.24) is 0 Å². The summed E-state index contributed by atoms with van der Waals surface area (Å²) in [5.74, 6) is -24.9. The molecule has 10 heteroatoms. The number of hydrogen-bond acceptors (Lipinski definition) is 3. The van der Waals surface area contributed by atoms with Crippen molar-refractivity contribution in [2.24, 2.45) is 0 Å². The van der Waals surface area contributed by atoms with Gasteiger partial charge in [-0.1, -0.05) is 6.92 Å². The summed E-state index contributed by atoms with van der Waals surface area (Å²) in [6.07, 6.45) is -1.24. The van der Waals surface area contributed by atoms with Crippen LogP contribution in [0.4, 0.5) is 26.3 Å². The molecule has 4 nitrogen and oxygen atoms in total. The van der Waals surface area contributed by atoms with Gasteiger partial charge in [0.2, 0.25) is 0 Å². The molecular formula is C9H10F6O4. The van der Waals surface area contributed by atoms with E-state index in [-0.39, 0.29) is 6.42 Å². The van der Waals surface area contributed by atoms with Crippen LogP contribution in [0.1, 0.15) is 20.3 Å². The third kappa shape index (κ3) is 2.92. The van der Waals surface area contributed by atoms with E-state index in [4.69, 9.17) is 5.11 Å². The highest BCUT2D eigenvalue weighted by Crippen LogP contribution is 2.46. The van der Waals surface area contributed by atoms with Gasteiger partial charge in [-0.05, 0) is 13.3 Å². The molecule has 0 aromatic carbocycles. The number of aliphatic carboxylic acids is 1. The van der Waals surface area contributed by atoms with Gasteiger partial charge in [-0.25, -0.2) is 9.59 Å². The molecule has 1 N–H and O–H groups in total. The average molecular weight is 296 g/mol. The van der Waals surface area contributed by atoms with Gasteiger partial charge < -0.3 is 9.84 Å². The zero-order valence-corrected chi connectivity index (χ0v) is 9.72. The Balaban J connectivity index is 5.39. The summed E-state index contributed by atoms with van der Waals surface area (Å²) in [5, 5.41) is 7.83. The maximum atomic E-state index is 13.0. The number of halogens is 6. The van der Waals surface area contributed by atoms with E-state index in [0.717, 1.165) is 6.92 Å². The van der Waals surface area contributed by atoms with Crippen LogP contribution in [0.25, 0.3) is 0 Å². The molecule has 0 heterocycles. The summed E-state index contributed by atoms with van der Waals surface area (Å²) in [6, 6.07) is 0. The second-order valence-corrected chi connectivity index (χ2v) is 3.65. The van der Waals surface area contributed by atoms with Gasteiger partial charge >= 0.3 is 29.7 Å². The van der Waals surface area contributed by atoms with E-state index in [1.54, 1.807) is 0 Å². The van der Waals surface area contributed by atoms with E-state index < -0.39 is 35.8 Å². The van der Waals surface area contributed by atoms with Crippen molar-refractivity contribution < 1.29 is 45.8 Å². The van der Waals surface area contributed by atoms with Crippen LogP contribution >= 0.6 is 0 Å². The van der Waals surface area contributed by atoms with Gasteiger partial charge in [0, 0.05) is 0 Å². The van der Waals surface area contributed by atoms with Gasteiger partial charge in [0.05, 0.1) is 6.10 Å². The summed E-state index contributed by atoms with van der Waals surface area (Å²) >= 11 is 0. The lowest BCUT2D eigenvalue weighted by Crippen LogP contribution is -2.61. The fourth-order valence-electron chi connectivity index (χ4n) is 0.800. The molecule has 0 aliphatic carbocycles. The van der Waals surface area contributed by atoms with Crippen molar-refractivity contribution in [1.29, 1.82) is 0 Å². The van der Waals surface area contributed by atoms with Crippen LogP contribution in [0.15, 0.2) is 0 Å². The number of ether oxygens (including phenoxy) is 1. The third-order valence-corrected chi connectivity index (χ3v) is 2.20. The molecule has 0 bridgehead atoms. The average Bonchev–Trinajstić information content (AvgIpc) is 2.27. The SMILES string of the molecule is CCC(C)OC(=O)C(F)(F)C(F)(F)C(F)(F)C(=O)O. The van der Waals surface area contributed by atoms with Crippen molar-refractivity contribution >= 4 is 11.9 Å². The van der Waals surface area contributed by atoms with Crippen LogP contribution in [0, 0.1) is 0 Å². The molecule has 0 fully saturated rings. The van der Waals surface area contributed by atoms with Gasteiger partial charge in [0.25, 0.3) is 0 Å². The molecule has 0 saturated carbocycles. The zero-order chi connectivity index (χ0) is 15.6. The third-order valence-electron chi connectivity index (χ3n) is 2.20. The summed E-state index contributed by atoms with van der Waals surface area (Å²) in [7, 11) is 0. The minimum atomic E-state index is -6.42. The Hall–Kier alpha value is -1.48. The highest BCUT2D eigenvalue weighted by atomic mass is 19.3. The minimum absolute atomic E-state index is 0.0251. The number of rotatable bonds is 6. The predicted molar refractivity (Wildman–Crippen MR) is 48.3 cm³/mol. The number of esters is 1. The zero-order valence-electron chi connectivity index (χ0n) is 9.72. The van der Waals surface area contributed by atoms with E-state index >= 15 is 0 Å². The highest BCUT2D eigenvalue weighted by molar-refractivity contribution is 5.83. The molecule has 0 aliphatic heterocycles. The molecule has 0 aromatic rings. The Bertz CT molecular complexity index is 368. The van der Waals surface area contributed by atoms with Crippen molar-refractivity contribution in [3.8, 4) is 0 Å². The van der Waals surface area contributed by atoms with E-state index in [0.29, 0.717) is 0 Å². The Labute approximate surface area is 103 Å². The molecule has 112 valence electrons. The lowest BCUT2D eigenvalue weighted by atomic mass is 10.0. The Morgan fingerprint density at radius 3 is 1.84 bits per heavy atom. The van der Waals surface area contributed by atoms with Crippen LogP contribution in [0.5, 0.6) is 0 Å². The van der Waals surface area contributed by atoms with E-state index in [2.05, 4.69) is 4.74 Å². The lowest BCUT2D eigenvalue weighted by molar-refractivity contribution is -0.300. The number of hydrogen-bond donors (Lipinski definition) is 1. The van der Waals surface area contributed by atoms with Crippen molar-refractivity contribution in [2.45, 2.75) is 44.1 Å². The molecule has 0 rings (SSSR count). The van der Waals surface area contributed by atoms with E-state index in [1.807, 2.05) is 0 Å². The smallest absolute Gasteiger partial charge is 0.411 e. The molecule has 1 atom stereocenters. The van der Waals surface area contributed by atoms with Crippen molar-refractivity contribution in [3.63, 3.8) is 0 Å². The van der Waals surface area contributed by atoms with Crippen LogP contribution in [0.3, 0.4) is 0 Å². The first-order valence-corrected chi connectivity index (χ1v) is 4.90. The second kappa shape index (κ2) is 5.25. The van der Waals surface area contributed by atoms with Crippen LogP contribution < -0.4 is 0 Å². The molecule has 0 aliphatic rings. The quantitative estimate of drug-likeness (QED) is 0.603. The summed E-state index contributed by atoms with van der Waals surface area (Å²) in [5.41, 5.74) is 0. The topological polar surface area (TPSA) is 63.6 Å². The van der Waals surface area contributed by atoms with E-state index in [9.17, 15) is 35.9 Å². The molecule has 0 amide bonds. The van der Waals surface area contributed by atoms with Gasteiger partial charge in [0.15, 0.2) is 0 Å². The standard InChI is InChI=1S/C9H10F6O4/c1-3-4(2)19-6(18)8(12,13)9(14,15)7(10,11)5(16)17/h4H,3H2,1-2H3,(H,16,17). The molecular weight excluding hydrogens is 286 g/mol. The number of carboxylic acid groups (broad SMARTS) is 1. The predicted octanol–water partition coefficient (Wildman–Crippen LogP) is 2.32. The number of carbonyl (C=O) groups is 2. The van der Waals surface area contributed by atoms with E-state index in [1.165, 1.54) is 6.92 Å². The van der Waals surface area contributed by atoms with Crippen LogP contribution in [0.2, 0.25) is 0 Å². The maximum Gasteiger partial charge on any atom is 0.411 e. The summed E-state index contributed by atoms with van der Waals surface area (Å²) in [4.78, 5) is 20.7. The highest BCUT2D eigenvalue weighted by Gasteiger charge is 2.79. The Morgan fingerprint density at radius 1 is 1.11 bits per heavy atom. The van der Waals surface area contributed by atoms with Crippen molar-refractivity contribution in [2.75, 3.05) is 0 Å². The van der Waals surface area contributed by atoms with Gasteiger partial charge in [-0.2, -0.15) is 26.3 Å². The molecule has 1 unspecified atom stereocenters. The molecule has 0 aromatic heterocycles. The van der Waals surface area contributed by atoms with Crippen LogP contribution in [-0.2, 0) is 14.3 Å². The molecule has 0 spiro atoms. The first-order valence-electron chi connectivity index (χ1n) is 4.90. The van der Waals surface area contributed by atoms with Crippen molar-refractivity contribution in [3.05, 3.63) is 0 Å². The normalized spacial score (nSPS) is 14.9. The molecule has 0 radical (unpaired) electrons. The number of alkyl halides is 6. The first-order chi connectivity index (χ1) is 8.32. The fraction of sp³-hybridized carbons (Fsp3) is 0.778. The van der Waals surface area contributed by atoms with Gasteiger partial charge in [-0.15, -0.1) is 0 Å². The summed E-state index contributed by atoms with van der Waals surface area (Å²) in [6.45, 7) is 2.43. The van der Waals surface area contributed by atoms with Gasteiger partial charge in [0.1, 0.15) is 0 Å². The Morgan fingerprint density at radius 2 is 1.53 bits per heavy atom. The largest absolute Gasteiger partial charge is 0.477 e. The second-order valence-electron chi connectivity index (χ2n) is 3.65. The number of carboxylic acids is 1. The lowest BCUT2D eigenvalue weighted by Gasteiger charge is -2.29. The Kier molecular flexibility index (Phi) is 4.84.